The number of carbonyl (C=O) groups excluding carboxylic acids is 1. The lowest BCUT2D eigenvalue weighted by Crippen LogP contribution is -2.38. The van der Waals surface area contributed by atoms with Gasteiger partial charge in [0.1, 0.15) is 6.04 Å². The zero-order chi connectivity index (χ0) is 13.2. The SMILES string of the molecule is CC(Nc1nnc(CNC2CC2)o1)C(=O)NC1CC1. The standard InChI is InChI=1S/C12H19N5O2/c1-7(11(18)15-9-4-5-9)14-12-17-16-10(19-12)6-13-8-2-3-8/h7-9,13H,2-6H2,1H3,(H,14,17)(H,15,18). The van der Waals surface area contributed by atoms with E-state index in [4.69, 9.17) is 4.42 Å². The van der Waals surface area contributed by atoms with E-state index in [1.54, 1.807) is 6.92 Å². The molecule has 1 unspecified atom stereocenters. The number of rotatable bonds is 7. The molecule has 7 heteroatoms. The van der Waals surface area contributed by atoms with Crippen molar-refractivity contribution in [3.8, 4) is 0 Å². The van der Waals surface area contributed by atoms with Crippen LogP contribution in [0.2, 0.25) is 0 Å². The summed E-state index contributed by atoms with van der Waals surface area (Å²) in [4.78, 5) is 11.8. The Morgan fingerprint density at radius 1 is 1.32 bits per heavy atom. The normalized spacial score (nSPS) is 20.1. The molecule has 0 bridgehead atoms. The van der Waals surface area contributed by atoms with E-state index < -0.39 is 0 Å². The van der Waals surface area contributed by atoms with Crippen molar-refractivity contribution in [3.63, 3.8) is 0 Å². The zero-order valence-electron chi connectivity index (χ0n) is 11.0. The predicted molar refractivity (Wildman–Crippen MR) is 68.4 cm³/mol. The number of nitrogens with zero attached hydrogens (tertiary/aromatic N) is 2. The van der Waals surface area contributed by atoms with Gasteiger partial charge in [-0.05, 0) is 32.6 Å². The molecule has 2 aliphatic rings. The average Bonchev–Trinajstić information content (AvgIpc) is 3.30. The highest BCUT2D eigenvalue weighted by molar-refractivity contribution is 5.84. The fourth-order valence-corrected chi connectivity index (χ4v) is 1.71. The van der Waals surface area contributed by atoms with Gasteiger partial charge in [0.25, 0.3) is 0 Å². The molecule has 1 amide bonds. The van der Waals surface area contributed by atoms with Gasteiger partial charge < -0.3 is 20.4 Å². The van der Waals surface area contributed by atoms with Crippen LogP contribution in [0.3, 0.4) is 0 Å². The van der Waals surface area contributed by atoms with E-state index in [0.717, 1.165) is 12.8 Å². The Morgan fingerprint density at radius 2 is 2.05 bits per heavy atom. The molecule has 104 valence electrons. The maximum Gasteiger partial charge on any atom is 0.316 e. The van der Waals surface area contributed by atoms with Crippen LogP contribution >= 0.6 is 0 Å². The first-order valence-electron chi connectivity index (χ1n) is 6.83. The number of nitrogens with one attached hydrogen (secondary N) is 3. The maximum absolute atomic E-state index is 11.8. The zero-order valence-corrected chi connectivity index (χ0v) is 11.0. The van der Waals surface area contributed by atoms with Gasteiger partial charge in [0, 0.05) is 12.1 Å². The molecule has 1 aromatic rings. The Balaban J connectivity index is 1.46. The fraction of sp³-hybridized carbons (Fsp3) is 0.750. The molecule has 0 aromatic carbocycles. The van der Waals surface area contributed by atoms with Gasteiger partial charge in [-0.2, -0.15) is 0 Å². The van der Waals surface area contributed by atoms with Gasteiger partial charge >= 0.3 is 6.01 Å². The molecule has 7 nitrogen and oxygen atoms in total. The van der Waals surface area contributed by atoms with E-state index in [-0.39, 0.29) is 11.9 Å². The van der Waals surface area contributed by atoms with Crippen LogP contribution in [0, 0.1) is 0 Å². The summed E-state index contributed by atoms with van der Waals surface area (Å²) in [6.45, 7) is 2.37. The van der Waals surface area contributed by atoms with Crippen LogP contribution in [0.4, 0.5) is 6.01 Å². The molecule has 1 atom stereocenters. The topological polar surface area (TPSA) is 92.1 Å². The van der Waals surface area contributed by atoms with Crippen molar-refractivity contribution in [2.24, 2.45) is 0 Å². The lowest BCUT2D eigenvalue weighted by Gasteiger charge is -2.11. The molecule has 2 aliphatic carbocycles. The molecule has 1 aromatic heterocycles. The number of hydrogen-bond donors (Lipinski definition) is 3. The minimum absolute atomic E-state index is 0.0293. The second-order valence-electron chi connectivity index (χ2n) is 5.31. The number of aromatic nitrogens is 2. The second-order valence-corrected chi connectivity index (χ2v) is 5.31. The summed E-state index contributed by atoms with van der Waals surface area (Å²) in [6.07, 6.45) is 4.60. The van der Waals surface area contributed by atoms with Crippen molar-refractivity contribution < 1.29 is 9.21 Å². The predicted octanol–water partition coefficient (Wildman–Crippen LogP) is 0.401. The van der Waals surface area contributed by atoms with E-state index in [1.807, 2.05) is 0 Å². The Morgan fingerprint density at radius 3 is 2.74 bits per heavy atom. The highest BCUT2D eigenvalue weighted by Crippen LogP contribution is 2.20. The Kier molecular flexibility index (Phi) is 3.37. The van der Waals surface area contributed by atoms with E-state index in [1.165, 1.54) is 12.8 Å². The first kappa shape index (κ1) is 12.4. The van der Waals surface area contributed by atoms with Gasteiger partial charge in [-0.25, -0.2) is 0 Å². The summed E-state index contributed by atoms with van der Waals surface area (Å²) in [5, 5.41) is 16.9. The quantitative estimate of drug-likeness (QED) is 0.661. The maximum atomic E-state index is 11.8. The van der Waals surface area contributed by atoms with Gasteiger partial charge in [-0.1, -0.05) is 5.10 Å². The third-order valence-electron chi connectivity index (χ3n) is 3.24. The summed E-state index contributed by atoms with van der Waals surface area (Å²) in [5.74, 6) is 0.516. The fourth-order valence-electron chi connectivity index (χ4n) is 1.71. The molecule has 3 rings (SSSR count). The molecule has 0 aliphatic heterocycles. The highest BCUT2D eigenvalue weighted by atomic mass is 16.4. The third kappa shape index (κ3) is 3.66. The summed E-state index contributed by atoms with van der Waals surface area (Å²) in [5.41, 5.74) is 0. The van der Waals surface area contributed by atoms with Crippen LogP contribution in [-0.4, -0.2) is 34.2 Å². The van der Waals surface area contributed by atoms with Gasteiger partial charge in [0.2, 0.25) is 11.8 Å². The Labute approximate surface area is 111 Å². The first-order chi connectivity index (χ1) is 9.20. The minimum atomic E-state index is -0.370. The molecule has 0 saturated heterocycles. The van der Waals surface area contributed by atoms with E-state index in [9.17, 15) is 4.79 Å². The molecule has 3 N–H and O–H groups in total. The summed E-state index contributed by atoms with van der Waals surface area (Å²) >= 11 is 0. The summed E-state index contributed by atoms with van der Waals surface area (Å²) in [7, 11) is 0. The minimum Gasteiger partial charge on any atom is -0.407 e. The Hall–Kier alpha value is -1.63. The smallest absolute Gasteiger partial charge is 0.316 e. The summed E-state index contributed by atoms with van der Waals surface area (Å²) in [6, 6.07) is 0.889. The van der Waals surface area contributed by atoms with Crippen LogP contribution in [0.5, 0.6) is 0 Å². The van der Waals surface area contributed by atoms with Crippen LogP contribution in [-0.2, 0) is 11.3 Å². The monoisotopic (exact) mass is 265 g/mol. The van der Waals surface area contributed by atoms with Crippen LogP contribution < -0.4 is 16.0 Å². The van der Waals surface area contributed by atoms with Crippen LogP contribution in [0.25, 0.3) is 0 Å². The average molecular weight is 265 g/mol. The van der Waals surface area contributed by atoms with Gasteiger partial charge in [-0.3, -0.25) is 4.79 Å². The number of anilines is 1. The molecule has 2 saturated carbocycles. The molecule has 0 radical (unpaired) electrons. The number of hydrogen-bond acceptors (Lipinski definition) is 6. The number of amides is 1. The van der Waals surface area contributed by atoms with Crippen LogP contribution in [0.15, 0.2) is 4.42 Å². The van der Waals surface area contributed by atoms with Crippen molar-refractivity contribution in [1.82, 2.24) is 20.8 Å². The largest absolute Gasteiger partial charge is 0.407 e. The van der Waals surface area contributed by atoms with Crippen molar-refractivity contribution in [3.05, 3.63) is 5.89 Å². The van der Waals surface area contributed by atoms with Crippen molar-refractivity contribution >= 4 is 11.9 Å². The highest BCUT2D eigenvalue weighted by Gasteiger charge is 2.26. The van der Waals surface area contributed by atoms with Gasteiger partial charge in [0.05, 0.1) is 6.54 Å². The summed E-state index contributed by atoms with van der Waals surface area (Å²) < 4.78 is 5.43. The molecular weight excluding hydrogens is 246 g/mol. The molecular formula is C12H19N5O2. The first-order valence-corrected chi connectivity index (χ1v) is 6.83. The molecule has 0 spiro atoms. The van der Waals surface area contributed by atoms with Gasteiger partial charge in [0.15, 0.2) is 0 Å². The van der Waals surface area contributed by atoms with Crippen LogP contribution in [0.1, 0.15) is 38.5 Å². The molecule has 2 fully saturated rings. The van der Waals surface area contributed by atoms with Crippen molar-refractivity contribution in [1.29, 1.82) is 0 Å². The number of carbonyl (C=O) groups is 1. The van der Waals surface area contributed by atoms with Gasteiger partial charge in [-0.15, -0.1) is 5.10 Å². The van der Waals surface area contributed by atoms with Crippen molar-refractivity contribution in [2.75, 3.05) is 5.32 Å². The second kappa shape index (κ2) is 5.16. The van der Waals surface area contributed by atoms with E-state index in [0.29, 0.717) is 30.5 Å². The van der Waals surface area contributed by atoms with E-state index in [2.05, 4.69) is 26.1 Å². The molecule has 19 heavy (non-hydrogen) atoms. The third-order valence-corrected chi connectivity index (χ3v) is 3.24. The van der Waals surface area contributed by atoms with E-state index >= 15 is 0 Å². The lowest BCUT2D eigenvalue weighted by molar-refractivity contribution is -0.121. The lowest BCUT2D eigenvalue weighted by atomic mass is 10.3. The van der Waals surface area contributed by atoms with Crippen molar-refractivity contribution in [2.45, 2.75) is 57.3 Å². The Bertz CT molecular complexity index is 453. The molecule has 1 heterocycles.